The molecule has 4 heterocycles. The molecule has 2 aromatic rings. The highest BCUT2D eigenvalue weighted by Gasteiger charge is 2.45. The quantitative estimate of drug-likeness (QED) is 0.701. The smallest absolute Gasteiger partial charge is 0.309 e. The van der Waals surface area contributed by atoms with Crippen LogP contribution in [-0.4, -0.2) is 59.1 Å². The minimum atomic E-state index is -3.89. The Morgan fingerprint density at radius 3 is 2.70 bits per heavy atom. The molecular formula is C23H29N3O6S. The Bertz CT molecular complexity index is 1160. The van der Waals surface area contributed by atoms with Gasteiger partial charge in [0.15, 0.2) is 0 Å². The van der Waals surface area contributed by atoms with Crippen LogP contribution in [0, 0.1) is 12.3 Å². The first-order valence-electron chi connectivity index (χ1n) is 10.9. The van der Waals surface area contributed by atoms with Gasteiger partial charge in [-0.25, -0.2) is 13.4 Å². The number of aryl methyl sites for hydroxylation is 1. The van der Waals surface area contributed by atoms with Gasteiger partial charge < -0.3 is 14.6 Å². The molecule has 1 N–H and O–H groups in total. The summed E-state index contributed by atoms with van der Waals surface area (Å²) < 4.78 is 40.5. The van der Waals surface area contributed by atoms with Crippen LogP contribution in [0.3, 0.4) is 0 Å². The van der Waals surface area contributed by atoms with Crippen LogP contribution in [0.15, 0.2) is 35.5 Å². The topological polar surface area (TPSA) is 119 Å². The molecule has 0 bridgehead atoms. The lowest BCUT2D eigenvalue weighted by Crippen LogP contribution is -2.50. The van der Waals surface area contributed by atoms with E-state index in [1.807, 2.05) is 13.0 Å². The summed E-state index contributed by atoms with van der Waals surface area (Å²) in [6, 6.07) is 4.95. The van der Waals surface area contributed by atoms with Gasteiger partial charge in [0.25, 0.3) is 0 Å². The van der Waals surface area contributed by atoms with Crippen molar-refractivity contribution in [3.63, 3.8) is 0 Å². The second-order valence-electron chi connectivity index (χ2n) is 9.43. The number of nitrogens with zero attached hydrogens (tertiary/aromatic N) is 3. The largest absolute Gasteiger partial charge is 0.481 e. The molecule has 2 aliphatic rings. The first-order valence-corrected chi connectivity index (χ1v) is 12.4. The van der Waals surface area contributed by atoms with E-state index in [9.17, 15) is 18.3 Å². The molecule has 10 heteroatoms. The molecule has 1 fully saturated rings. The molecular weight excluding hydrogens is 446 g/mol. The average molecular weight is 476 g/mol. The van der Waals surface area contributed by atoms with E-state index in [1.54, 1.807) is 26.1 Å². The first-order chi connectivity index (χ1) is 15.5. The molecule has 1 spiro atoms. The number of hydrogen-bond donors (Lipinski definition) is 1. The zero-order valence-electron chi connectivity index (χ0n) is 19.1. The van der Waals surface area contributed by atoms with E-state index in [0.717, 1.165) is 11.1 Å². The molecule has 0 unspecified atom stereocenters. The minimum Gasteiger partial charge on any atom is -0.481 e. The van der Waals surface area contributed by atoms with Gasteiger partial charge in [-0.3, -0.25) is 9.78 Å². The lowest BCUT2D eigenvalue weighted by atomic mass is 9.86. The normalized spacial score (nSPS) is 20.0. The van der Waals surface area contributed by atoms with Gasteiger partial charge in [-0.2, -0.15) is 4.31 Å². The highest BCUT2D eigenvalue weighted by atomic mass is 32.2. The van der Waals surface area contributed by atoms with Gasteiger partial charge in [-0.15, -0.1) is 0 Å². The van der Waals surface area contributed by atoms with Gasteiger partial charge in [0.2, 0.25) is 15.9 Å². The van der Waals surface area contributed by atoms with E-state index >= 15 is 0 Å². The van der Waals surface area contributed by atoms with Gasteiger partial charge in [-0.1, -0.05) is 6.07 Å². The van der Waals surface area contributed by atoms with E-state index < -0.39 is 27.0 Å². The van der Waals surface area contributed by atoms with Crippen LogP contribution in [-0.2, 0) is 32.5 Å². The highest BCUT2D eigenvalue weighted by Crippen LogP contribution is 2.38. The second-order valence-corrected chi connectivity index (χ2v) is 11.3. The third kappa shape index (κ3) is 4.73. The second kappa shape index (κ2) is 8.66. The summed E-state index contributed by atoms with van der Waals surface area (Å²) in [7, 11) is -3.89. The third-order valence-corrected chi connectivity index (χ3v) is 8.16. The molecule has 0 amide bonds. The molecule has 178 valence electrons. The van der Waals surface area contributed by atoms with Crippen molar-refractivity contribution in [2.24, 2.45) is 5.41 Å². The fraction of sp³-hybridized carbons (Fsp3) is 0.522. The number of fused-ring (bicyclic) bond motifs is 1. The number of hydrogen-bond acceptors (Lipinski definition) is 7. The van der Waals surface area contributed by atoms with Crippen LogP contribution >= 0.6 is 0 Å². The maximum Gasteiger partial charge on any atom is 0.309 e. The van der Waals surface area contributed by atoms with Gasteiger partial charge in [0.1, 0.15) is 10.5 Å². The Kier molecular flexibility index (Phi) is 6.19. The summed E-state index contributed by atoms with van der Waals surface area (Å²) >= 11 is 0. The number of rotatable bonds is 5. The fourth-order valence-corrected chi connectivity index (χ4v) is 5.80. The molecule has 0 saturated carbocycles. The lowest BCUT2D eigenvalue weighted by molar-refractivity contribution is -0.146. The van der Waals surface area contributed by atoms with Crippen LogP contribution in [0.25, 0.3) is 0 Å². The maximum atomic E-state index is 13.6. The molecule has 0 aliphatic carbocycles. The van der Waals surface area contributed by atoms with E-state index in [-0.39, 0.29) is 30.3 Å². The summed E-state index contributed by atoms with van der Waals surface area (Å²) in [4.78, 5) is 20.3. The van der Waals surface area contributed by atoms with Crippen molar-refractivity contribution in [3.8, 4) is 5.88 Å². The first kappa shape index (κ1) is 23.6. The van der Waals surface area contributed by atoms with Crippen molar-refractivity contribution < 1.29 is 27.8 Å². The average Bonchev–Trinajstić information content (AvgIpc) is 2.84. The molecule has 4 rings (SSSR count). The molecule has 0 radical (unpaired) electrons. The number of sulfonamides is 1. The van der Waals surface area contributed by atoms with Gasteiger partial charge >= 0.3 is 5.97 Å². The van der Waals surface area contributed by atoms with E-state index in [1.165, 1.54) is 16.6 Å². The van der Waals surface area contributed by atoms with Gasteiger partial charge in [0, 0.05) is 37.5 Å². The van der Waals surface area contributed by atoms with E-state index in [0.29, 0.717) is 31.7 Å². The molecule has 0 aromatic carbocycles. The van der Waals surface area contributed by atoms with E-state index in [4.69, 9.17) is 9.47 Å². The molecule has 0 atom stereocenters. The zero-order valence-corrected chi connectivity index (χ0v) is 19.9. The standard InChI is InChI=1S/C23H29N3O6S/c1-16-18(11-17(13-25-16)12-22(2,3)21(27)28)14-26-15-23(6-9-31-10-7-23)32-20-19(33(26,29)30)5-4-8-24-20/h4-5,8,11,13H,6-7,9-10,12,14-15H2,1-3H3,(H,27,28). The summed E-state index contributed by atoms with van der Waals surface area (Å²) in [5.74, 6) is -0.781. The Morgan fingerprint density at radius 1 is 1.27 bits per heavy atom. The Labute approximate surface area is 193 Å². The minimum absolute atomic E-state index is 0.0437. The number of carboxylic acids is 1. The van der Waals surface area contributed by atoms with Crippen molar-refractivity contribution in [2.45, 2.75) is 57.1 Å². The van der Waals surface area contributed by atoms with Crippen molar-refractivity contribution in [1.29, 1.82) is 0 Å². The van der Waals surface area contributed by atoms with Crippen LogP contribution in [0.2, 0.25) is 0 Å². The fourth-order valence-electron chi connectivity index (χ4n) is 4.24. The zero-order chi connectivity index (χ0) is 23.9. The van der Waals surface area contributed by atoms with Crippen molar-refractivity contribution in [3.05, 3.63) is 47.4 Å². The maximum absolute atomic E-state index is 13.6. The highest BCUT2D eigenvalue weighted by molar-refractivity contribution is 7.89. The molecule has 2 aromatic heterocycles. The third-order valence-electron chi connectivity index (χ3n) is 6.36. The van der Waals surface area contributed by atoms with Crippen LogP contribution in [0.4, 0.5) is 0 Å². The SMILES string of the molecule is Cc1ncc(CC(C)(C)C(=O)O)cc1CN1CC2(CCOCC2)Oc2ncccc2S1(=O)=O. The summed E-state index contributed by atoms with van der Waals surface area (Å²) in [5, 5.41) is 9.48. The van der Waals surface area contributed by atoms with Crippen molar-refractivity contribution >= 4 is 16.0 Å². The number of carboxylic acid groups (broad SMARTS) is 1. The van der Waals surface area contributed by atoms with E-state index in [2.05, 4.69) is 9.97 Å². The van der Waals surface area contributed by atoms with Gasteiger partial charge in [-0.05, 0) is 50.5 Å². The van der Waals surface area contributed by atoms with Gasteiger partial charge in [0.05, 0.1) is 25.2 Å². The predicted octanol–water partition coefficient (Wildman–Crippen LogP) is 2.57. The number of aromatic nitrogens is 2. The Hall–Kier alpha value is -2.56. The summed E-state index contributed by atoms with van der Waals surface area (Å²) in [5.41, 5.74) is 0.476. The number of aliphatic carboxylic acids is 1. The molecule has 2 aliphatic heterocycles. The van der Waals surface area contributed by atoms with Crippen molar-refractivity contribution in [2.75, 3.05) is 19.8 Å². The molecule has 9 nitrogen and oxygen atoms in total. The number of pyridine rings is 2. The molecule has 33 heavy (non-hydrogen) atoms. The molecule has 1 saturated heterocycles. The Morgan fingerprint density at radius 2 is 2.00 bits per heavy atom. The summed E-state index contributed by atoms with van der Waals surface area (Å²) in [6.07, 6.45) is 4.58. The summed E-state index contributed by atoms with van der Waals surface area (Å²) in [6.45, 7) is 6.37. The lowest BCUT2D eigenvalue weighted by Gasteiger charge is -2.38. The van der Waals surface area contributed by atoms with Crippen LogP contribution in [0.5, 0.6) is 5.88 Å². The van der Waals surface area contributed by atoms with Crippen molar-refractivity contribution in [1.82, 2.24) is 14.3 Å². The predicted molar refractivity (Wildman–Crippen MR) is 119 cm³/mol. The Balaban J connectivity index is 1.72. The van der Waals surface area contributed by atoms with Crippen LogP contribution < -0.4 is 4.74 Å². The van der Waals surface area contributed by atoms with Crippen LogP contribution in [0.1, 0.15) is 43.5 Å². The number of ether oxygens (including phenoxy) is 2. The monoisotopic (exact) mass is 475 g/mol. The number of carbonyl (C=O) groups is 1.